The monoisotopic (exact) mass is 188 g/mol. The maximum absolute atomic E-state index is 9.90. The van der Waals surface area contributed by atoms with Crippen LogP contribution in [-0.4, -0.2) is 5.11 Å². The molecule has 0 radical (unpaired) electrons. The molecule has 0 atom stereocenters. The Labute approximate surface area is 85.4 Å². The molecule has 1 nitrogen and oxygen atoms in total. The lowest BCUT2D eigenvalue weighted by molar-refractivity contribution is 0.469. The van der Waals surface area contributed by atoms with Gasteiger partial charge in [-0.1, -0.05) is 30.9 Å². The molecule has 1 aromatic carbocycles. The van der Waals surface area contributed by atoms with Gasteiger partial charge in [0.1, 0.15) is 5.75 Å². The number of phenolic OH excluding ortho intramolecular Hbond substituents is 1. The Kier molecular flexibility index (Phi) is 2.80. The number of hydrogen-bond donors (Lipinski definition) is 1. The van der Waals surface area contributed by atoms with Gasteiger partial charge in [0.05, 0.1) is 0 Å². The zero-order valence-corrected chi connectivity index (χ0v) is 9.02. The molecule has 1 rings (SSSR count). The third-order valence-corrected chi connectivity index (χ3v) is 2.27. The van der Waals surface area contributed by atoms with Crippen molar-refractivity contribution in [1.82, 2.24) is 0 Å². The maximum Gasteiger partial charge on any atom is 0.126 e. The van der Waals surface area contributed by atoms with Crippen molar-refractivity contribution >= 4 is 11.1 Å². The first kappa shape index (κ1) is 10.6. The van der Waals surface area contributed by atoms with Gasteiger partial charge in [0.2, 0.25) is 0 Å². The van der Waals surface area contributed by atoms with Crippen LogP contribution in [0.4, 0.5) is 0 Å². The maximum atomic E-state index is 9.90. The molecule has 0 aliphatic heterocycles. The van der Waals surface area contributed by atoms with E-state index in [9.17, 15) is 5.11 Å². The lowest BCUT2D eigenvalue weighted by Crippen LogP contribution is -1.91. The van der Waals surface area contributed by atoms with Gasteiger partial charge in [-0.25, -0.2) is 0 Å². The Morgan fingerprint density at radius 3 is 2.14 bits per heavy atom. The van der Waals surface area contributed by atoms with Crippen LogP contribution < -0.4 is 0 Å². The molecule has 0 unspecified atom stereocenters. The highest BCUT2D eigenvalue weighted by Crippen LogP contribution is 2.33. The quantitative estimate of drug-likeness (QED) is 0.749. The molecule has 14 heavy (non-hydrogen) atoms. The summed E-state index contributed by atoms with van der Waals surface area (Å²) in [4.78, 5) is 0. The fourth-order valence-corrected chi connectivity index (χ4v) is 1.48. The standard InChI is InChI=1S/C13H16O/c1-8(2)11-7-6-10(5)13(14)12(11)9(3)4/h6-7,14H,1,3H2,2,4-5H3. The average Bonchev–Trinajstić information content (AvgIpc) is 2.08. The number of benzene rings is 1. The molecule has 0 fully saturated rings. The molecule has 1 heteroatoms. The third-order valence-electron chi connectivity index (χ3n) is 2.27. The van der Waals surface area contributed by atoms with E-state index in [1.807, 2.05) is 32.9 Å². The van der Waals surface area contributed by atoms with E-state index in [0.29, 0.717) is 5.75 Å². The Morgan fingerprint density at radius 1 is 1.14 bits per heavy atom. The first-order valence-electron chi connectivity index (χ1n) is 4.59. The van der Waals surface area contributed by atoms with Gasteiger partial charge in [0.25, 0.3) is 0 Å². The molecule has 0 bridgehead atoms. The van der Waals surface area contributed by atoms with E-state index in [4.69, 9.17) is 0 Å². The number of phenols is 1. The lowest BCUT2D eigenvalue weighted by atomic mass is 9.94. The zero-order valence-electron chi connectivity index (χ0n) is 9.02. The topological polar surface area (TPSA) is 20.2 Å². The molecule has 74 valence electrons. The van der Waals surface area contributed by atoms with Gasteiger partial charge in [-0.2, -0.15) is 0 Å². The predicted molar refractivity (Wildman–Crippen MR) is 62.3 cm³/mol. The smallest absolute Gasteiger partial charge is 0.126 e. The molecule has 0 amide bonds. The Balaban J connectivity index is 3.53. The van der Waals surface area contributed by atoms with Crippen LogP contribution in [-0.2, 0) is 0 Å². The molecule has 0 heterocycles. The summed E-state index contributed by atoms with van der Waals surface area (Å²) in [5.74, 6) is 0.318. The van der Waals surface area contributed by atoms with Crippen molar-refractivity contribution in [3.63, 3.8) is 0 Å². The molecule has 1 N–H and O–H groups in total. The van der Waals surface area contributed by atoms with Crippen molar-refractivity contribution < 1.29 is 5.11 Å². The third kappa shape index (κ3) is 1.72. The minimum atomic E-state index is 0.318. The number of aromatic hydroxyl groups is 1. The van der Waals surface area contributed by atoms with E-state index < -0.39 is 0 Å². The van der Waals surface area contributed by atoms with Crippen molar-refractivity contribution in [3.05, 3.63) is 42.0 Å². The highest BCUT2D eigenvalue weighted by Gasteiger charge is 2.11. The van der Waals surface area contributed by atoms with Crippen LogP contribution in [0.25, 0.3) is 11.1 Å². The molecular weight excluding hydrogens is 172 g/mol. The van der Waals surface area contributed by atoms with Crippen LogP contribution in [0.1, 0.15) is 30.5 Å². The minimum Gasteiger partial charge on any atom is -0.507 e. The van der Waals surface area contributed by atoms with Gasteiger partial charge in [-0.3, -0.25) is 0 Å². The number of hydrogen-bond acceptors (Lipinski definition) is 1. The van der Waals surface area contributed by atoms with E-state index in [1.165, 1.54) is 0 Å². The summed E-state index contributed by atoms with van der Waals surface area (Å²) < 4.78 is 0. The largest absolute Gasteiger partial charge is 0.507 e. The summed E-state index contributed by atoms with van der Waals surface area (Å²) in [6.45, 7) is 13.5. The molecule has 0 aromatic heterocycles. The summed E-state index contributed by atoms with van der Waals surface area (Å²) in [7, 11) is 0. The summed E-state index contributed by atoms with van der Waals surface area (Å²) in [6, 6.07) is 3.87. The summed E-state index contributed by atoms with van der Waals surface area (Å²) in [5, 5.41) is 9.90. The Hall–Kier alpha value is -1.50. The van der Waals surface area contributed by atoms with Crippen molar-refractivity contribution in [1.29, 1.82) is 0 Å². The highest BCUT2D eigenvalue weighted by atomic mass is 16.3. The van der Waals surface area contributed by atoms with Gasteiger partial charge in [0.15, 0.2) is 0 Å². The van der Waals surface area contributed by atoms with Crippen LogP contribution >= 0.6 is 0 Å². The molecule has 0 aliphatic rings. The van der Waals surface area contributed by atoms with Gasteiger partial charge in [0, 0.05) is 5.56 Å². The van der Waals surface area contributed by atoms with Crippen LogP contribution in [0.15, 0.2) is 25.3 Å². The first-order valence-corrected chi connectivity index (χ1v) is 4.59. The van der Waals surface area contributed by atoms with E-state index in [0.717, 1.165) is 27.8 Å². The van der Waals surface area contributed by atoms with Crippen LogP contribution in [0, 0.1) is 6.92 Å². The van der Waals surface area contributed by atoms with Crippen molar-refractivity contribution in [3.8, 4) is 5.75 Å². The van der Waals surface area contributed by atoms with E-state index in [1.54, 1.807) is 0 Å². The molecule has 0 aliphatic carbocycles. The molecule has 0 saturated heterocycles. The van der Waals surface area contributed by atoms with Crippen molar-refractivity contribution in [2.45, 2.75) is 20.8 Å². The molecule has 0 saturated carbocycles. The van der Waals surface area contributed by atoms with E-state index in [-0.39, 0.29) is 0 Å². The van der Waals surface area contributed by atoms with Crippen LogP contribution in [0.5, 0.6) is 5.75 Å². The highest BCUT2D eigenvalue weighted by molar-refractivity contribution is 5.80. The van der Waals surface area contributed by atoms with Gasteiger partial charge >= 0.3 is 0 Å². The summed E-state index contributed by atoms with van der Waals surface area (Å²) >= 11 is 0. The Morgan fingerprint density at radius 2 is 1.71 bits per heavy atom. The number of rotatable bonds is 2. The van der Waals surface area contributed by atoms with Crippen molar-refractivity contribution in [2.24, 2.45) is 0 Å². The second kappa shape index (κ2) is 3.70. The van der Waals surface area contributed by atoms with E-state index in [2.05, 4.69) is 13.2 Å². The lowest BCUT2D eigenvalue weighted by Gasteiger charge is -2.13. The molecule has 0 spiro atoms. The Bertz CT molecular complexity index is 400. The SMILES string of the molecule is C=C(C)c1ccc(C)c(O)c1C(=C)C. The van der Waals surface area contributed by atoms with E-state index >= 15 is 0 Å². The van der Waals surface area contributed by atoms with Crippen molar-refractivity contribution in [2.75, 3.05) is 0 Å². The summed E-state index contributed by atoms with van der Waals surface area (Å²) in [6.07, 6.45) is 0. The second-order valence-electron chi connectivity index (χ2n) is 3.71. The summed E-state index contributed by atoms with van der Waals surface area (Å²) in [5.41, 5.74) is 4.47. The van der Waals surface area contributed by atoms with Gasteiger partial charge < -0.3 is 5.11 Å². The number of allylic oxidation sites excluding steroid dienone is 2. The zero-order chi connectivity index (χ0) is 10.9. The minimum absolute atomic E-state index is 0.318. The second-order valence-corrected chi connectivity index (χ2v) is 3.71. The average molecular weight is 188 g/mol. The van der Waals surface area contributed by atoms with Gasteiger partial charge in [-0.05, 0) is 37.5 Å². The normalized spacial score (nSPS) is 9.93. The van der Waals surface area contributed by atoms with Crippen LogP contribution in [0.2, 0.25) is 0 Å². The molecular formula is C13H16O. The predicted octanol–water partition coefficient (Wildman–Crippen LogP) is 3.77. The fourth-order valence-electron chi connectivity index (χ4n) is 1.48. The number of aryl methyl sites for hydroxylation is 1. The van der Waals surface area contributed by atoms with Gasteiger partial charge in [-0.15, -0.1) is 0 Å². The fraction of sp³-hybridized carbons (Fsp3) is 0.231. The molecule has 1 aromatic rings. The first-order chi connectivity index (χ1) is 6.45. The van der Waals surface area contributed by atoms with Crippen LogP contribution in [0.3, 0.4) is 0 Å².